The number of allylic oxidation sites excluding steroid dienone is 2. The molecular formula is C11H16O. The van der Waals surface area contributed by atoms with Crippen LogP contribution in [-0.4, -0.2) is 5.78 Å². The molecule has 0 aromatic rings. The van der Waals surface area contributed by atoms with Crippen molar-refractivity contribution in [2.24, 2.45) is 23.2 Å². The van der Waals surface area contributed by atoms with Gasteiger partial charge in [0.05, 0.1) is 0 Å². The predicted octanol–water partition coefficient (Wildman–Crippen LogP) is 2.42. The molecule has 2 rings (SSSR count). The summed E-state index contributed by atoms with van der Waals surface area (Å²) < 4.78 is 0. The average Bonchev–Trinajstić information content (AvgIpc) is 2.27. The lowest BCUT2D eigenvalue weighted by Crippen LogP contribution is -2.50. The highest BCUT2D eigenvalue weighted by Gasteiger charge is 2.53. The zero-order valence-corrected chi connectivity index (χ0v) is 8.00. The van der Waals surface area contributed by atoms with Crippen molar-refractivity contribution in [3.63, 3.8) is 0 Å². The van der Waals surface area contributed by atoms with Gasteiger partial charge in [-0.1, -0.05) is 32.9 Å². The molecule has 2 aliphatic carbocycles. The average molecular weight is 164 g/mol. The number of hydrogen-bond acceptors (Lipinski definition) is 1. The smallest absolute Gasteiger partial charge is 0.141 e. The Kier molecular flexibility index (Phi) is 1.48. The Balaban J connectivity index is 2.19. The van der Waals surface area contributed by atoms with Crippen LogP contribution in [-0.2, 0) is 4.79 Å². The van der Waals surface area contributed by atoms with E-state index < -0.39 is 0 Å². The second-order valence-corrected chi connectivity index (χ2v) is 5.09. The highest BCUT2D eigenvalue weighted by atomic mass is 16.1. The predicted molar refractivity (Wildman–Crippen MR) is 48.7 cm³/mol. The van der Waals surface area contributed by atoms with Crippen molar-refractivity contribution >= 4 is 5.78 Å². The second kappa shape index (κ2) is 2.21. The third-order valence-electron chi connectivity index (χ3n) is 3.20. The summed E-state index contributed by atoms with van der Waals surface area (Å²) in [6.07, 6.45) is 5.40. The third kappa shape index (κ3) is 0.886. The fraction of sp³-hybridized carbons (Fsp3) is 0.727. The first-order chi connectivity index (χ1) is 5.52. The molecule has 0 bridgehead atoms. The van der Waals surface area contributed by atoms with Crippen LogP contribution in [0.15, 0.2) is 12.2 Å². The molecule has 0 spiro atoms. The maximum atomic E-state index is 11.6. The van der Waals surface area contributed by atoms with Gasteiger partial charge in [-0.05, 0) is 17.8 Å². The largest absolute Gasteiger partial charge is 0.299 e. The van der Waals surface area contributed by atoms with Crippen molar-refractivity contribution in [3.8, 4) is 0 Å². The first-order valence-corrected chi connectivity index (χ1v) is 4.72. The summed E-state index contributed by atoms with van der Waals surface area (Å²) in [4.78, 5) is 11.6. The van der Waals surface area contributed by atoms with E-state index in [1.807, 2.05) is 0 Å². The lowest BCUT2D eigenvalue weighted by molar-refractivity contribution is -0.145. The van der Waals surface area contributed by atoms with Crippen LogP contribution in [0.2, 0.25) is 0 Å². The first kappa shape index (κ1) is 8.03. The van der Waals surface area contributed by atoms with Gasteiger partial charge in [0.25, 0.3) is 0 Å². The minimum absolute atomic E-state index is 0.160. The van der Waals surface area contributed by atoms with Crippen LogP contribution in [0.5, 0.6) is 0 Å². The Morgan fingerprint density at radius 2 is 2.08 bits per heavy atom. The van der Waals surface area contributed by atoms with Crippen molar-refractivity contribution in [1.29, 1.82) is 0 Å². The van der Waals surface area contributed by atoms with E-state index in [0.29, 0.717) is 23.5 Å². The van der Waals surface area contributed by atoms with E-state index in [2.05, 4.69) is 32.9 Å². The van der Waals surface area contributed by atoms with E-state index in [1.54, 1.807) is 0 Å². The zero-order chi connectivity index (χ0) is 8.93. The highest BCUT2D eigenvalue weighted by molar-refractivity contribution is 5.92. The van der Waals surface area contributed by atoms with E-state index in [0.717, 1.165) is 6.42 Å². The van der Waals surface area contributed by atoms with Crippen LogP contribution in [0, 0.1) is 23.2 Å². The molecule has 0 unspecified atom stereocenters. The Labute approximate surface area is 73.8 Å². The maximum Gasteiger partial charge on any atom is 0.141 e. The molecule has 3 atom stereocenters. The van der Waals surface area contributed by atoms with Gasteiger partial charge in [-0.25, -0.2) is 0 Å². The fourth-order valence-electron chi connectivity index (χ4n) is 2.63. The van der Waals surface area contributed by atoms with E-state index in [9.17, 15) is 4.79 Å². The minimum atomic E-state index is 0.160. The number of fused-ring (bicyclic) bond motifs is 1. The molecule has 0 radical (unpaired) electrons. The van der Waals surface area contributed by atoms with Gasteiger partial charge < -0.3 is 0 Å². The van der Waals surface area contributed by atoms with E-state index in [1.165, 1.54) is 0 Å². The SMILES string of the molecule is CC(C)(C)[C@@H]1C(=O)[C@H]2CC=C[C@H]21. The number of rotatable bonds is 0. The van der Waals surface area contributed by atoms with E-state index >= 15 is 0 Å². The summed E-state index contributed by atoms with van der Waals surface area (Å²) in [5.41, 5.74) is 0.160. The Morgan fingerprint density at radius 1 is 1.42 bits per heavy atom. The summed E-state index contributed by atoms with van der Waals surface area (Å²) in [6.45, 7) is 6.49. The van der Waals surface area contributed by atoms with Crippen LogP contribution < -0.4 is 0 Å². The van der Waals surface area contributed by atoms with Crippen LogP contribution in [0.25, 0.3) is 0 Å². The molecule has 0 heterocycles. The number of hydrogen-bond donors (Lipinski definition) is 0. The van der Waals surface area contributed by atoms with Gasteiger partial charge in [0, 0.05) is 11.8 Å². The number of Topliss-reactive ketones (excluding diaryl/α,β-unsaturated/α-hetero) is 1. The zero-order valence-electron chi connectivity index (χ0n) is 8.00. The molecule has 12 heavy (non-hydrogen) atoms. The van der Waals surface area contributed by atoms with Crippen LogP contribution in [0.1, 0.15) is 27.2 Å². The molecule has 0 amide bonds. The van der Waals surface area contributed by atoms with Crippen molar-refractivity contribution in [2.45, 2.75) is 27.2 Å². The van der Waals surface area contributed by atoms with Gasteiger partial charge in [-0.3, -0.25) is 4.79 Å². The lowest BCUT2D eigenvalue weighted by Gasteiger charge is -2.46. The topological polar surface area (TPSA) is 17.1 Å². The number of ketones is 1. The number of carbonyl (C=O) groups is 1. The van der Waals surface area contributed by atoms with Gasteiger partial charge in [0.2, 0.25) is 0 Å². The standard InChI is InChI=1S/C11H16O/c1-11(2,3)9-7-5-4-6-8(7)10(9)12/h4-5,7-9H,6H2,1-3H3/t7-,8+,9+/m1/s1. The summed E-state index contributed by atoms with van der Waals surface area (Å²) in [6, 6.07) is 0. The highest BCUT2D eigenvalue weighted by Crippen LogP contribution is 2.51. The molecule has 0 aromatic heterocycles. The molecule has 1 nitrogen and oxygen atoms in total. The Morgan fingerprint density at radius 3 is 2.67 bits per heavy atom. The van der Waals surface area contributed by atoms with Gasteiger partial charge in [-0.15, -0.1) is 0 Å². The molecule has 66 valence electrons. The molecule has 1 fully saturated rings. The van der Waals surface area contributed by atoms with E-state index in [4.69, 9.17) is 0 Å². The summed E-state index contributed by atoms with van der Waals surface area (Å²) in [7, 11) is 0. The summed E-state index contributed by atoms with van der Waals surface area (Å²) in [5, 5.41) is 0. The maximum absolute atomic E-state index is 11.6. The van der Waals surface area contributed by atoms with Gasteiger partial charge in [0.15, 0.2) is 0 Å². The molecule has 2 aliphatic rings. The van der Waals surface area contributed by atoms with Crippen molar-refractivity contribution < 1.29 is 4.79 Å². The molecular weight excluding hydrogens is 148 g/mol. The van der Waals surface area contributed by atoms with Gasteiger partial charge >= 0.3 is 0 Å². The van der Waals surface area contributed by atoms with Crippen LogP contribution in [0.4, 0.5) is 0 Å². The fourth-order valence-corrected chi connectivity index (χ4v) is 2.63. The monoisotopic (exact) mass is 164 g/mol. The Hall–Kier alpha value is -0.590. The van der Waals surface area contributed by atoms with E-state index in [-0.39, 0.29) is 5.41 Å². The first-order valence-electron chi connectivity index (χ1n) is 4.72. The normalized spacial score (nSPS) is 39.6. The molecule has 1 heteroatoms. The van der Waals surface area contributed by atoms with Crippen molar-refractivity contribution in [1.82, 2.24) is 0 Å². The third-order valence-corrected chi connectivity index (χ3v) is 3.20. The number of carbonyl (C=O) groups excluding carboxylic acids is 1. The Bertz CT molecular complexity index is 244. The molecule has 1 saturated carbocycles. The second-order valence-electron chi connectivity index (χ2n) is 5.09. The van der Waals surface area contributed by atoms with Crippen LogP contribution in [0.3, 0.4) is 0 Å². The lowest BCUT2D eigenvalue weighted by atomic mass is 9.56. The van der Waals surface area contributed by atoms with Gasteiger partial charge in [0.1, 0.15) is 5.78 Å². The molecule has 0 aliphatic heterocycles. The van der Waals surface area contributed by atoms with Crippen molar-refractivity contribution in [2.75, 3.05) is 0 Å². The van der Waals surface area contributed by atoms with Gasteiger partial charge in [-0.2, -0.15) is 0 Å². The molecule has 0 saturated heterocycles. The minimum Gasteiger partial charge on any atom is -0.299 e. The van der Waals surface area contributed by atoms with Crippen LogP contribution >= 0.6 is 0 Å². The quantitative estimate of drug-likeness (QED) is 0.502. The summed E-state index contributed by atoms with van der Waals surface area (Å²) in [5.74, 6) is 1.71. The summed E-state index contributed by atoms with van der Waals surface area (Å²) >= 11 is 0. The van der Waals surface area contributed by atoms with Crippen molar-refractivity contribution in [3.05, 3.63) is 12.2 Å². The molecule has 0 aromatic carbocycles. The molecule has 0 N–H and O–H groups in total.